The van der Waals surface area contributed by atoms with Gasteiger partial charge in [0.25, 0.3) is 0 Å². The van der Waals surface area contributed by atoms with Crippen LogP contribution < -0.4 is 11.1 Å². The molecule has 0 aliphatic heterocycles. The molecule has 1 aliphatic carbocycles. The minimum absolute atomic E-state index is 0.213. The van der Waals surface area contributed by atoms with E-state index in [-0.39, 0.29) is 11.8 Å². The van der Waals surface area contributed by atoms with Gasteiger partial charge in [0.15, 0.2) is 0 Å². The van der Waals surface area contributed by atoms with Gasteiger partial charge in [-0.3, -0.25) is 14.4 Å². The van der Waals surface area contributed by atoms with Crippen molar-refractivity contribution < 1.29 is 19.5 Å². The fourth-order valence-electron chi connectivity index (χ4n) is 2.44. The minimum atomic E-state index is -0.851. The number of carbonyl (C=O) groups excluding carboxylic acids is 2. The van der Waals surface area contributed by atoms with Gasteiger partial charge in [0.1, 0.15) is 0 Å². The van der Waals surface area contributed by atoms with Crippen LogP contribution in [0.5, 0.6) is 0 Å². The van der Waals surface area contributed by atoms with Crippen LogP contribution in [-0.4, -0.2) is 22.9 Å². The number of carbonyl (C=O) groups is 3. The van der Waals surface area contributed by atoms with Crippen molar-refractivity contribution in [3.05, 3.63) is 29.8 Å². The van der Waals surface area contributed by atoms with Crippen LogP contribution in [0.3, 0.4) is 0 Å². The summed E-state index contributed by atoms with van der Waals surface area (Å²) in [5, 5.41) is 11.6. The number of rotatable bonds is 4. The van der Waals surface area contributed by atoms with Crippen LogP contribution in [0, 0.1) is 11.8 Å². The molecule has 2 rings (SSSR count). The number of carboxylic acid groups (broad SMARTS) is 1. The molecule has 20 heavy (non-hydrogen) atoms. The summed E-state index contributed by atoms with van der Waals surface area (Å²) in [5.74, 6) is -2.37. The highest BCUT2D eigenvalue weighted by Gasteiger charge is 2.33. The molecule has 0 bridgehead atoms. The zero-order chi connectivity index (χ0) is 14.7. The van der Waals surface area contributed by atoms with E-state index in [1.165, 1.54) is 6.07 Å². The Morgan fingerprint density at radius 3 is 2.50 bits per heavy atom. The molecule has 0 aromatic heterocycles. The topological polar surface area (TPSA) is 109 Å². The first kappa shape index (κ1) is 14.0. The average molecular weight is 276 g/mol. The van der Waals surface area contributed by atoms with Gasteiger partial charge in [-0.1, -0.05) is 6.07 Å². The van der Waals surface area contributed by atoms with Crippen LogP contribution in [0.25, 0.3) is 0 Å². The predicted octanol–water partition coefficient (Wildman–Crippen LogP) is 1.22. The fraction of sp³-hybridized carbons (Fsp3) is 0.357. The number of hydrogen-bond acceptors (Lipinski definition) is 3. The molecule has 106 valence electrons. The molecule has 4 N–H and O–H groups in total. The number of primary amides is 1. The Morgan fingerprint density at radius 2 is 1.90 bits per heavy atom. The van der Waals surface area contributed by atoms with Gasteiger partial charge in [-0.05, 0) is 37.5 Å². The molecule has 6 nitrogen and oxygen atoms in total. The average Bonchev–Trinajstić information content (AvgIpc) is 2.88. The number of nitrogens with one attached hydrogen (secondary N) is 1. The molecule has 0 spiro atoms. The molecule has 1 aromatic carbocycles. The highest BCUT2D eigenvalue weighted by molar-refractivity contribution is 5.97. The Bertz CT molecular complexity index is 556. The van der Waals surface area contributed by atoms with Gasteiger partial charge >= 0.3 is 5.97 Å². The first-order chi connectivity index (χ1) is 9.47. The smallest absolute Gasteiger partial charge is 0.306 e. The van der Waals surface area contributed by atoms with E-state index >= 15 is 0 Å². The first-order valence-corrected chi connectivity index (χ1v) is 6.41. The van der Waals surface area contributed by atoms with Gasteiger partial charge in [0.05, 0.1) is 5.92 Å². The van der Waals surface area contributed by atoms with E-state index in [0.29, 0.717) is 30.5 Å². The maximum absolute atomic E-state index is 12.0. The second-order valence-electron chi connectivity index (χ2n) is 4.98. The summed E-state index contributed by atoms with van der Waals surface area (Å²) in [6.07, 6.45) is 1.45. The van der Waals surface area contributed by atoms with Gasteiger partial charge in [-0.15, -0.1) is 0 Å². The first-order valence-electron chi connectivity index (χ1n) is 6.41. The van der Waals surface area contributed by atoms with Crippen LogP contribution in [0.2, 0.25) is 0 Å². The lowest BCUT2D eigenvalue weighted by molar-refractivity contribution is -0.141. The zero-order valence-corrected chi connectivity index (χ0v) is 10.8. The number of amides is 2. The third-order valence-corrected chi connectivity index (χ3v) is 3.57. The molecule has 2 atom stereocenters. The molecule has 0 saturated heterocycles. The molecule has 1 saturated carbocycles. The Labute approximate surface area is 116 Å². The summed E-state index contributed by atoms with van der Waals surface area (Å²) in [6, 6.07) is 6.36. The van der Waals surface area contributed by atoms with Crippen LogP contribution >= 0.6 is 0 Å². The van der Waals surface area contributed by atoms with Gasteiger partial charge < -0.3 is 16.2 Å². The maximum Gasteiger partial charge on any atom is 0.306 e. The van der Waals surface area contributed by atoms with Crippen LogP contribution in [0.4, 0.5) is 5.69 Å². The Balaban J connectivity index is 2.00. The molecule has 1 fully saturated rings. The van der Waals surface area contributed by atoms with E-state index in [9.17, 15) is 14.4 Å². The lowest BCUT2D eigenvalue weighted by Crippen LogP contribution is -2.22. The highest BCUT2D eigenvalue weighted by atomic mass is 16.4. The molecule has 0 heterocycles. The molecule has 0 radical (unpaired) electrons. The quantitative estimate of drug-likeness (QED) is 0.768. The summed E-state index contributed by atoms with van der Waals surface area (Å²) in [4.78, 5) is 34.0. The van der Waals surface area contributed by atoms with Crippen molar-refractivity contribution in [3.63, 3.8) is 0 Å². The monoisotopic (exact) mass is 276 g/mol. The van der Waals surface area contributed by atoms with E-state index in [0.717, 1.165) is 0 Å². The molecule has 2 amide bonds. The van der Waals surface area contributed by atoms with Crippen molar-refractivity contribution in [2.75, 3.05) is 5.32 Å². The minimum Gasteiger partial charge on any atom is -0.481 e. The van der Waals surface area contributed by atoms with Crippen molar-refractivity contribution in [3.8, 4) is 0 Å². The lowest BCUT2D eigenvalue weighted by atomic mass is 10.0. The number of aliphatic carboxylic acids is 1. The second-order valence-corrected chi connectivity index (χ2v) is 4.98. The predicted molar refractivity (Wildman–Crippen MR) is 72.1 cm³/mol. The maximum atomic E-state index is 12.0. The molecular weight excluding hydrogens is 260 g/mol. The highest BCUT2D eigenvalue weighted by Crippen LogP contribution is 2.31. The Hall–Kier alpha value is -2.37. The molecule has 2 unspecified atom stereocenters. The third-order valence-electron chi connectivity index (χ3n) is 3.57. The number of nitrogens with two attached hydrogens (primary N) is 1. The van der Waals surface area contributed by atoms with Crippen LogP contribution in [-0.2, 0) is 9.59 Å². The van der Waals surface area contributed by atoms with Crippen LogP contribution in [0.1, 0.15) is 29.6 Å². The zero-order valence-electron chi connectivity index (χ0n) is 10.8. The van der Waals surface area contributed by atoms with E-state index < -0.39 is 17.8 Å². The van der Waals surface area contributed by atoms with Crippen molar-refractivity contribution in [2.45, 2.75) is 19.3 Å². The number of anilines is 1. The largest absolute Gasteiger partial charge is 0.481 e. The number of carboxylic acids is 1. The molecule has 1 aromatic rings. The molecule has 6 heteroatoms. The Morgan fingerprint density at radius 1 is 1.20 bits per heavy atom. The summed E-state index contributed by atoms with van der Waals surface area (Å²) in [5.41, 5.74) is 5.98. The molecular formula is C14H16N2O4. The lowest BCUT2D eigenvalue weighted by Gasteiger charge is -2.11. The van der Waals surface area contributed by atoms with Gasteiger partial charge in [-0.2, -0.15) is 0 Å². The van der Waals surface area contributed by atoms with Crippen molar-refractivity contribution in [1.82, 2.24) is 0 Å². The Kier molecular flexibility index (Phi) is 4.02. The van der Waals surface area contributed by atoms with Gasteiger partial charge in [-0.25, -0.2) is 0 Å². The van der Waals surface area contributed by atoms with Crippen molar-refractivity contribution >= 4 is 23.5 Å². The summed E-state index contributed by atoms with van der Waals surface area (Å²) >= 11 is 0. The summed E-state index contributed by atoms with van der Waals surface area (Å²) < 4.78 is 0. The fourth-order valence-corrected chi connectivity index (χ4v) is 2.44. The van der Waals surface area contributed by atoms with E-state index in [1.54, 1.807) is 18.2 Å². The van der Waals surface area contributed by atoms with Gasteiger partial charge in [0, 0.05) is 17.2 Å². The third kappa shape index (κ3) is 3.14. The van der Waals surface area contributed by atoms with E-state index in [2.05, 4.69) is 5.32 Å². The van der Waals surface area contributed by atoms with E-state index in [1.807, 2.05) is 0 Å². The van der Waals surface area contributed by atoms with Crippen LogP contribution in [0.15, 0.2) is 24.3 Å². The van der Waals surface area contributed by atoms with Crippen molar-refractivity contribution in [1.29, 1.82) is 0 Å². The second kappa shape index (κ2) is 5.73. The molecule has 1 aliphatic rings. The number of benzene rings is 1. The number of hydrogen-bond donors (Lipinski definition) is 3. The van der Waals surface area contributed by atoms with E-state index in [4.69, 9.17) is 10.8 Å². The van der Waals surface area contributed by atoms with Gasteiger partial charge in [0.2, 0.25) is 11.8 Å². The normalized spacial score (nSPS) is 21.4. The standard InChI is InChI=1S/C14H16N2O4/c15-12(17)8-2-1-3-11(7-8)16-13(18)9-4-5-10(6-9)14(19)20/h1-3,7,9-10H,4-6H2,(H2,15,17)(H,16,18)(H,19,20). The van der Waals surface area contributed by atoms with Crippen molar-refractivity contribution in [2.24, 2.45) is 17.6 Å². The SMILES string of the molecule is NC(=O)c1cccc(NC(=O)C2CCC(C(=O)O)C2)c1. The summed E-state index contributed by atoms with van der Waals surface area (Å²) in [6.45, 7) is 0. The summed E-state index contributed by atoms with van der Waals surface area (Å²) in [7, 11) is 0.